The van der Waals surface area contributed by atoms with Gasteiger partial charge in [-0.1, -0.05) is 100 Å². The molecule has 0 fully saturated rings. The molecule has 32 heavy (non-hydrogen) atoms. The lowest BCUT2D eigenvalue weighted by Crippen LogP contribution is -1.92. The molecule has 0 saturated carbocycles. The lowest BCUT2D eigenvalue weighted by molar-refractivity contribution is -0.137. The first-order valence-electron chi connectivity index (χ1n) is 13.6. The number of hydrogen-bond acceptors (Lipinski definition) is 1. The molecule has 0 radical (unpaired) electrons. The second-order valence-electron chi connectivity index (χ2n) is 8.87. The second kappa shape index (κ2) is 27.5. The highest BCUT2D eigenvalue weighted by atomic mass is 16.4. The zero-order valence-electron chi connectivity index (χ0n) is 21.1. The number of carboxylic acids is 1. The Labute approximate surface area is 200 Å². The first-order valence-corrected chi connectivity index (χ1v) is 13.6. The minimum atomic E-state index is -0.698. The molecule has 0 aromatic carbocycles. The Kier molecular flexibility index (Phi) is 26.1. The van der Waals surface area contributed by atoms with Crippen LogP contribution in [0.2, 0.25) is 0 Å². The van der Waals surface area contributed by atoms with E-state index in [-0.39, 0.29) is 6.42 Å². The van der Waals surface area contributed by atoms with Crippen LogP contribution in [0.3, 0.4) is 0 Å². The van der Waals surface area contributed by atoms with Crippen molar-refractivity contribution in [3.8, 4) is 0 Å². The molecule has 2 heteroatoms. The molecule has 2 nitrogen and oxygen atoms in total. The predicted molar refractivity (Wildman–Crippen MR) is 142 cm³/mol. The summed E-state index contributed by atoms with van der Waals surface area (Å²) in [5.41, 5.74) is 0. The van der Waals surface area contributed by atoms with Gasteiger partial charge in [-0.15, -0.1) is 0 Å². The SMILES string of the molecule is CCCCCC/C=C/CC/C=C/CCCCCCCC/C=C/CC/C=C/CCCC(=O)O. The molecule has 0 aromatic rings. The molecule has 0 atom stereocenters. The van der Waals surface area contributed by atoms with Gasteiger partial charge in [0.25, 0.3) is 0 Å². The summed E-state index contributed by atoms with van der Waals surface area (Å²) in [6.07, 6.45) is 42.1. The molecule has 0 aliphatic rings. The number of rotatable bonds is 24. The first kappa shape index (κ1) is 30.4. The van der Waals surface area contributed by atoms with Crippen molar-refractivity contribution in [2.45, 2.75) is 135 Å². The average molecular weight is 445 g/mol. The van der Waals surface area contributed by atoms with Crippen LogP contribution < -0.4 is 0 Å². The average Bonchev–Trinajstić information content (AvgIpc) is 2.78. The van der Waals surface area contributed by atoms with E-state index in [0.717, 1.165) is 25.7 Å². The van der Waals surface area contributed by atoms with Gasteiger partial charge in [0.1, 0.15) is 0 Å². The number of allylic oxidation sites excluding steroid dienone is 8. The fourth-order valence-corrected chi connectivity index (χ4v) is 3.62. The van der Waals surface area contributed by atoms with E-state index in [4.69, 9.17) is 5.11 Å². The third-order valence-electron chi connectivity index (χ3n) is 5.64. The maximum absolute atomic E-state index is 10.4. The predicted octanol–water partition coefficient (Wildman–Crippen LogP) is 10.1. The molecule has 0 heterocycles. The molecule has 0 spiro atoms. The summed E-state index contributed by atoms with van der Waals surface area (Å²) in [7, 11) is 0. The van der Waals surface area contributed by atoms with Crippen LogP contribution in [0, 0.1) is 0 Å². The van der Waals surface area contributed by atoms with Gasteiger partial charge in [0.05, 0.1) is 0 Å². The highest BCUT2D eigenvalue weighted by molar-refractivity contribution is 5.66. The zero-order chi connectivity index (χ0) is 23.4. The minimum Gasteiger partial charge on any atom is -0.481 e. The van der Waals surface area contributed by atoms with E-state index in [0.29, 0.717) is 0 Å². The van der Waals surface area contributed by atoms with Crippen molar-refractivity contribution in [1.82, 2.24) is 0 Å². The monoisotopic (exact) mass is 444 g/mol. The highest BCUT2D eigenvalue weighted by Crippen LogP contribution is 2.10. The number of carboxylic acid groups (broad SMARTS) is 1. The van der Waals surface area contributed by atoms with Crippen molar-refractivity contribution in [3.63, 3.8) is 0 Å². The van der Waals surface area contributed by atoms with Gasteiger partial charge in [-0.2, -0.15) is 0 Å². The lowest BCUT2D eigenvalue weighted by atomic mass is 10.1. The topological polar surface area (TPSA) is 37.3 Å². The first-order chi connectivity index (χ1) is 15.8. The molecule has 0 aromatic heterocycles. The third kappa shape index (κ3) is 28.4. The molecule has 0 saturated heterocycles. The van der Waals surface area contributed by atoms with Crippen LogP contribution >= 0.6 is 0 Å². The van der Waals surface area contributed by atoms with E-state index in [9.17, 15) is 4.79 Å². The highest BCUT2D eigenvalue weighted by Gasteiger charge is 1.93. The second-order valence-corrected chi connectivity index (χ2v) is 8.87. The quantitative estimate of drug-likeness (QED) is 0.119. The van der Waals surface area contributed by atoms with Gasteiger partial charge in [-0.05, 0) is 77.0 Å². The third-order valence-corrected chi connectivity index (χ3v) is 5.64. The van der Waals surface area contributed by atoms with Gasteiger partial charge in [0.15, 0.2) is 0 Å². The Bertz CT molecular complexity index is 499. The van der Waals surface area contributed by atoms with Crippen molar-refractivity contribution >= 4 is 5.97 Å². The summed E-state index contributed by atoms with van der Waals surface area (Å²) in [6.45, 7) is 2.27. The van der Waals surface area contributed by atoms with Crippen LogP contribution in [0.15, 0.2) is 48.6 Å². The van der Waals surface area contributed by atoms with Crippen LogP contribution in [0.25, 0.3) is 0 Å². The van der Waals surface area contributed by atoms with Crippen molar-refractivity contribution in [1.29, 1.82) is 0 Å². The lowest BCUT2D eigenvalue weighted by Gasteiger charge is -1.99. The Hall–Kier alpha value is -1.57. The van der Waals surface area contributed by atoms with Gasteiger partial charge in [0.2, 0.25) is 0 Å². The van der Waals surface area contributed by atoms with Gasteiger partial charge in [0, 0.05) is 6.42 Å². The molecule has 1 N–H and O–H groups in total. The molecule has 0 amide bonds. The fourth-order valence-electron chi connectivity index (χ4n) is 3.62. The molecular weight excluding hydrogens is 392 g/mol. The van der Waals surface area contributed by atoms with Crippen molar-refractivity contribution in [2.24, 2.45) is 0 Å². The molecule has 0 rings (SSSR count). The Morgan fingerprint density at radius 1 is 0.469 bits per heavy atom. The summed E-state index contributed by atoms with van der Waals surface area (Å²) in [5, 5.41) is 8.57. The summed E-state index contributed by atoms with van der Waals surface area (Å²) in [4.78, 5) is 10.4. The summed E-state index contributed by atoms with van der Waals surface area (Å²) < 4.78 is 0. The van der Waals surface area contributed by atoms with Crippen LogP contribution in [0.4, 0.5) is 0 Å². The van der Waals surface area contributed by atoms with Gasteiger partial charge >= 0.3 is 5.97 Å². The van der Waals surface area contributed by atoms with Crippen LogP contribution in [0.1, 0.15) is 135 Å². The van der Waals surface area contributed by atoms with Crippen LogP contribution in [-0.4, -0.2) is 11.1 Å². The largest absolute Gasteiger partial charge is 0.481 e. The smallest absolute Gasteiger partial charge is 0.303 e. The molecule has 0 unspecified atom stereocenters. The Morgan fingerprint density at radius 3 is 1.16 bits per heavy atom. The van der Waals surface area contributed by atoms with Gasteiger partial charge < -0.3 is 5.11 Å². The number of aliphatic carboxylic acids is 1. The number of hydrogen-bond donors (Lipinski definition) is 1. The molecule has 0 aliphatic carbocycles. The van der Waals surface area contributed by atoms with Crippen LogP contribution in [0.5, 0.6) is 0 Å². The molecule has 184 valence electrons. The van der Waals surface area contributed by atoms with E-state index < -0.39 is 5.97 Å². The van der Waals surface area contributed by atoms with E-state index in [2.05, 4.69) is 55.5 Å². The molecule has 0 bridgehead atoms. The normalized spacial score (nSPS) is 12.3. The minimum absolute atomic E-state index is 0.276. The number of unbranched alkanes of at least 4 members (excludes halogenated alkanes) is 14. The summed E-state index contributed by atoms with van der Waals surface area (Å²) in [5.74, 6) is -0.698. The Balaban J connectivity index is 3.24. The van der Waals surface area contributed by atoms with Gasteiger partial charge in [-0.3, -0.25) is 4.79 Å². The van der Waals surface area contributed by atoms with Crippen molar-refractivity contribution in [3.05, 3.63) is 48.6 Å². The van der Waals surface area contributed by atoms with Crippen molar-refractivity contribution < 1.29 is 9.90 Å². The van der Waals surface area contributed by atoms with E-state index >= 15 is 0 Å². The molecule has 0 aliphatic heterocycles. The van der Waals surface area contributed by atoms with E-state index in [1.165, 1.54) is 96.3 Å². The maximum atomic E-state index is 10.4. The van der Waals surface area contributed by atoms with Crippen LogP contribution in [-0.2, 0) is 4.79 Å². The van der Waals surface area contributed by atoms with E-state index in [1.54, 1.807) is 0 Å². The fraction of sp³-hybridized carbons (Fsp3) is 0.700. The number of carbonyl (C=O) groups is 1. The maximum Gasteiger partial charge on any atom is 0.303 e. The standard InChI is InChI=1S/C30H52O2/c1-2-3-4-5-6-7-8-9-10-11-12-13-14-15-16-17-18-19-20-21-22-23-24-25-26-27-28-29-30(31)32/h7-8,11-12,21-22,25-26H,2-6,9-10,13-20,23-24,27-29H2,1H3,(H,31,32)/b8-7+,12-11+,22-21+,26-25+. The Morgan fingerprint density at radius 2 is 0.781 bits per heavy atom. The summed E-state index contributed by atoms with van der Waals surface area (Å²) in [6, 6.07) is 0. The molecular formula is C30H52O2. The van der Waals surface area contributed by atoms with Crippen molar-refractivity contribution in [2.75, 3.05) is 0 Å². The van der Waals surface area contributed by atoms with Gasteiger partial charge in [-0.25, -0.2) is 0 Å². The zero-order valence-corrected chi connectivity index (χ0v) is 21.1. The summed E-state index contributed by atoms with van der Waals surface area (Å²) >= 11 is 0. The van der Waals surface area contributed by atoms with E-state index in [1.807, 2.05) is 0 Å².